The molecular weight excluding hydrogens is 426 g/mol. The Labute approximate surface area is 181 Å². The van der Waals surface area contributed by atoms with E-state index in [-0.39, 0.29) is 6.04 Å². The van der Waals surface area contributed by atoms with Gasteiger partial charge in [-0.05, 0) is 50.1 Å². The third kappa shape index (κ3) is 5.38. The van der Waals surface area contributed by atoms with E-state index in [1.807, 2.05) is 6.92 Å². The van der Waals surface area contributed by atoms with Crippen molar-refractivity contribution in [2.45, 2.75) is 31.2 Å². The molecule has 2 heterocycles. The number of benzene rings is 1. The summed E-state index contributed by atoms with van der Waals surface area (Å²) >= 11 is 6.31. The third-order valence-electron chi connectivity index (χ3n) is 4.71. The van der Waals surface area contributed by atoms with Crippen LogP contribution in [0.15, 0.2) is 47.5 Å². The molecule has 0 bridgehead atoms. The zero-order chi connectivity index (χ0) is 21.7. The Morgan fingerprint density at radius 3 is 2.77 bits per heavy atom. The second kappa shape index (κ2) is 9.59. The second-order valence-corrected chi connectivity index (χ2v) is 9.34. The van der Waals surface area contributed by atoms with Crippen LogP contribution in [0.1, 0.15) is 24.5 Å². The molecule has 1 atom stereocenters. The van der Waals surface area contributed by atoms with Crippen molar-refractivity contribution in [2.75, 3.05) is 25.0 Å². The highest BCUT2D eigenvalue weighted by molar-refractivity contribution is 7.89. The lowest BCUT2D eigenvalue weighted by atomic mass is 10.2. The number of ether oxygens (including phenoxy) is 1. The molecule has 0 spiro atoms. The molecule has 0 unspecified atom stereocenters. The summed E-state index contributed by atoms with van der Waals surface area (Å²) in [6, 6.07) is 8.43. The normalized spacial score (nSPS) is 17.4. The maximum absolute atomic E-state index is 12.8. The molecular formula is C21H24ClN3O4S. The summed E-state index contributed by atoms with van der Waals surface area (Å²) in [6.45, 7) is 4.72. The minimum Gasteiger partial charge on any atom is -0.463 e. The SMILES string of the molecule is CCOC(=O)/C=C/c1cnc(N[C@@H]2CCN(S(=O)(=O)c3ccc(C)cc3)C2)c(Cl)c1. The minimum absolute atomic E-state index is 0.101. The number of halogens is 1. The molecule has 0 radical (unpaired) electrons. The van der Waals surface area contributed by atoms with Crippen LogP contribution in [0.4, 0.5) is 5.82 Å². The maximum Gasteiger partial charge on any atom is 0.330 e. The Morgan fingerprint density at radius 2 is 2.10 bits per heavy atom. The molecule has 2 aromatic rings. The molecule has 30 heavy (non-hydrogen) atoms. The number of sulfonamides is 1. The molecule has 1 saturated heterocycles. The molecule has 1 aliphatic heterocycles. The first-order valence-electron chi connectivity index (χ1n) is 9.63. The lowest BCUT2D eigenvalue weighted by Crippen LogP contribution is -2.31. The molecule has 1 fully saturated rings. The lowest BCUT2D eigenvalue weighted by Gasteiger charge is -2.18. The summed E-state index contributed by atoms with van der Waals surface area (Å²) in [7, 11) is -3.53. The zero-order valence-corrected chi connectivity index (χ0v) is 18.4. The molecule has 1 aromatic carbocycles. The van der Waals surface area contributed by atoms with Gasteiger partial charge in [-0.15, -0.1) is 0 Å². The predicted molar refractivity (Wildman–Crippen MR) is 117 cm³/mol. The van der Waals surface area contributed by atoms with Gasteiger partial charge in [-0.2, -0.15) is 4.31 Å². The van der Waals surface area contributed by atoms with Gasteiger partial charge in [0.1, 0.15) is 5.82 Å². The van der Waals surface area contributed by atoms with Crippen molar-refractivity contribution in [1.29, 1.82) is 0 Å². The summed E-state index contributed by atoms with van der Waals surface area (Å²) in [5.41, 5.74) is 1.67. The van der Waals surface area contributed by atoms with Gasteiger partial charge in [-0.3, -0.25) is 0 Å². The Morgan fingerprint density at radius 1 is 1.37 bits per heavy atom. The summed E-state index contributed by atoms with van der Waals surface area (Å²) in [5, 5.41) is 3.61. The van der Waals surface area contributed by atoms with E-state index in [0.29, 0.717) is 47.4 Å². The molecule has 9 heteroatoms. The molecule has 7 nitrogen and oxygen atoms in total. The number of hydrogen-bond acceptors (Lipinski definition) is 6. The largest absolute Gasteiger partial charge is 0.463 e. The molecule has 160 valence electrons. The fourth-order valence-corrected chi connectivity index (χ4v) is 4.85. The minimum atomic E-state index is -3.53. The average molecular weight is 450 g/mol. The predicted octanol–water partition coefficient (Wildman–Crippen LogP) is 3.49. The zero-order valence-electron chi connectivity index (χ0n) is 16.8. The number of carbonyl (C=O) groups excluding carboxylic acids is 1. The highest BCUT2D eigenvalue weighted by Crippen LogP contribution is 2.26. The number of hydrogen-bond donors (Lipinski definition) is 1. The van der Waals surface area contributed by atoms with Crippen LogP contribution in [0.25, 0.3) is 6.08 Å². The van der Waals surface area contributed by atoms with Crippen molar-refractivity contribution in [1.82, 2.24) is 9.29 Å². The van der Waals surface area contributed by atoms with E-state index in [2.05, 4.69) is 10.3 Å². The molecule has 1 aromatic heterocycles. The van der Waals surface area contributed by atoms with Crippen LogP contribution in [0.3, 0.4) is 0 Å². The number of nitrogens with zero attached hydrogens (tertiary/aromatic N) is 2. The Bertz CT molecular complexity index is 1040. The number of pyridine rings is 1. The number of aryl methyl sites for hydroxylation is 1. The number of carbonyl (C=O) groups is 1. The highest BCUT2D eigenvalue weighted by atomic mass is 35.5. The fourth-order valence-electron chi connectivity index (χ4n) is 3.12. The van der Waals surface area contributed by atoms with Crippen molar-refractivity contribution in [3.63, 3.8) is 0 Å². The molecule has 1 N–H and O–H groups in total. The quantitative estimate of drug-likeness (QED) is 0.514. The van der Waals surface area contributed by atoms with Gasteiger partial charge < -0.3 is 10.1 Å². The van der Waals surface area contributed by atoms with E-state index in [1.165, 1.54) is 10.4 Å². The smallest absolute Gasteiger partial charge is 0.330 e. The monoisotopic (exact) mass is 449 g/mol. The summed E-state index contributed by atoms with van der Waals surface area (Å²) in [6.07, 6.45) is 5.12. The van der Waals surface area contributed by atoms with Gasteiger partial charge >= 0.3 is 5.97 Å². The van der Waals surface area contributed by atoms with Crippen LogP contribution >= 0.6 is 11.6 Å². The molecule has 0 amide bonds. The first-order valence-corrected chi connectivity index (χ1v) is 11.4. The molecule has 3 rings (SSSR count). The van der Waals surface area contributed by atoms with Crippen LogP contribution < -0.4 is 5.32 Å². The van der Waals surface area contributed by atoms with Crippen molar-refractivity contribution >= 4 is 39.5 Å². The van der Waals surface area contributed by atoms with E-state index in [9.17, 15) is 13.2 Å². The van der Waals surface area contributed by atoms with Gasteiger partial charge in [0.15, 0.2) is 0 Å². The third-order valence-corrected chi connectivity index (χ3v) is 6.88. The Kier molecular flexibility index (Phi) is 7.12. The van der Waals surface area contributed by atoms with Crippen LogP contribution in [0.2, 0.25) is 5.02 Å². The van der Waals surface area contributed by atoms with Crippen molar-refractivity contribution in [2.24, 2.45) is 0 Å². The van der Waals surface area contributed by atoms with E-state index in [1.54, 1.807) is 49.5 Å². The van der Waals surface area contributed by atoms with Gasteiger partial charge in [-0.25, -0.2) is 18.2 Å². The van der Waals surface area contributed by atoms with Crippen LogP contribution in [0, 0.1) is 6.92 Å². The number of aromatic nitrogens is 1. The van der Waals surface area contributed by atoms with Gasteiger partial charge in [-0.1, -0.05) is 29.3 Å². The summed E-state index contributed by atoms with van der Waals surface area (Å²) < 4.78 is 32.0. The Hall–Kier alpha value is -2.42. The number of esters is 1. The van der Waals surface area contributed by atoms with Crippen molar-refractivity contribution in [3.8, 4) is 0 Å². The van der Waals surface area contributed by atoms with E-state index in [0.717, 1.165) is 5.56 Å². The standard InChI is InChI=1S/C21H24ClN3O4S/c1-3-29-20(26)9-6-16-12-19(22)21(23-13-16)24-17-10-11-25(14-17)30(27,28)18-7-4-15(2)5-8-18/h4-9,12-13,17H,3,10-11,14H2,1-2H3,(H,23,24)/b9-6+/t17-/m1/s1. The fraction of sp³-hybridized carbons (Fsp3) is 0.333. The van der Waals surface area contributed by atoms with E-state index in [4.69, 9.17) is 16.3 Å². The maximum atomic E-state index is 12.8. The van der Waals surface area contributed by atoms with E-state index >= 15 is 0 Å². The average Bonchev–Trinajstić information content (AvgIpc) is 3.18. The first kappa shape index (κ1) is 22.3. The molecule has 0 saturated carbocycles. The van der Waals surface area contributed by atoms with Crippen molar-refractivity contribution < 1.29 is 17.9 Å². The molecule has 0 aliphatic carbocycles. The number of anilines is 1. The number of nitrogens with one attached hydrogen (secondary N) is 1. The van der Waals surface area contributed by atoms with Gasteiger partial charge in [0, 0.05) is 31.4 Å². The van der Waals surface area contributed by atoms with Crippen LogP contribution in [0.5, 0.6) is 0 Å². The lowest BCUT2D eigenvalue weighted by molar-refractivity contribution is -0.137. The number of rotatable bonds is 7. The van der Waals surface area contributed by atoms with Crippen LogP contribution in [-0.4, -0.2) is 49.4 Å². The topological polar surface area (TPSA) is 88.6 Å². The highest BCUT2D eigenvalue weighted by Gasteiger charge is 2.32. The second-order valence-electron chi connectivity index (χ2n) is 6.99. The summed E-state index contributed by atoms with van der Waals surface area (Å²) in [4.78, 5) is 16.0. The van der Waals surface area contributed by atoms with Crippen LogP contribution in [-0.2, 0) is 19.6 Å². The van der Waals surface area contributed by atoms with E-state index < -0.39 is 16.0 Å². The van der Waals surface area contributed by atoms with Gasteiger partial charge in [0.25, 0.3) is 0 Å². The Balaban J connectivity index is 1.64. The van der Waals surface area contributed by atoms with Crippen molar-refractivity contribution in [3.05, 3.63) is 58.8 Å². The first-order chi connectivity index (χ1) is 14.3. The van der Waals surface area contributed by atoms with Gasteiger partial charge in [0.2, 0.25) is 10.0 Å². The summed E-state index contributed by atoms with van der Waals surface area (Å²) in [5.74, 6) is 0.0428. The van der Waals surface area contributed by atoms with Gasteiger partial charge in [0.05, 0.1) is 16.5 Å². The molecule has 1 aliphatic rings.